The molecule has 2 aromatic rings. The summed E-state index contributed by atoms with van der Waals surface area (Å²) in [6.45, 7) is 1.47. The van der Waals surface area contributed by atoms with Gasteiger partial charge in [0, 0.05) is 49.6 Å². The van der Waals surface area contributed by atoms with E-state index in [1.54, 1.807) is 0 Å². The SMILES string of the molecule is COC(=O)[C@@H]1C[C@@H](O)CN1Cc1cn(CCC(N)=O)c2ccccc12. The Morgan fingerprint density at radius 2 is 2.12 bits per heavy atom. The van der Waals surface area contributed by atoms with Crippen molar-refractivity contribution in [1.82, 2.24) is 9.47 Å². The normalized spacial score (nSPS) is 20.9. The second kappa shape index (κ2) is 7.25. The van der Waals surface area contributed by atoms with Crippen LogP contribution >= 0.6 is 0 Å². The lowest BCUT2D eigenvalue weighted by Gasteiger charge is -2.21. The van der Waals surface area contributed by atoms with Crippen molar-refractivity contribution in [2.45, 2.75) is 38.1 Å². The van der Waals surface area contributed by atoms with Gasteiger partial charge in [-0.2, -0.15) is 0 Å². The number of nitrogens with two attached hydrogens (primary N) is 1. The van der Waals surface area contributed by atoms with E-state index >= 15 is 0 Å². The fraction of sp³-hybridized carbons (Fsp3) is 0.444. The van der Waals surface area contributed by atoms with E-state index in [1.807, 2.05) is 39.9 Å². The zero-order valence-corrected chi connectivity index (χ0v) is 14.2. The number of para-hydroxylation sites is 1. The van der Waals surface area contributed by atoms with Gasteiger partial charge in [0.25, 0.3) is 0 Å². The number of carbonyl (C=O) groups excluding carboxylic acids is 2. The minimum atomic E-state index is -0.535. The number of carbonyl (C=O) groups is 2. The molecule has 1 aliphatic rings. The molecular weight excluding hydrogens is 322 g/mol. The number of likely N-dealkylation sites (tertiary alicyclic amines) is 1. The lowest BCUT2D eigenvalue weighted by Crippen LogP contribution is -2.36. The van der Waals surface area contributed by atoms with Gasteiger partial charge in [-0.05, 0) is 11.6 Å². The van der Waals surface area contributed by atoms with Crippen LogP contribution in [0.15, 0.2) is 30.5 Å². The van der Waals surface area contributed by atoms with Crippen LogP contribution in [0.3, 0.4) is 0 Å². The Hall–Kier alpha value is -2.38. The number of fused-ring (bicyclic) bond motifs is 1. The number of aliphatic hydroxyl groups is 1. The summed E-state index contributed by atoms with van der Waals surface area (Å²) >= 11 is 0. The van der Waals surface area contributed by atoms with Crippen molar-refractivity contribution in [2.75, 3.05) is 13.7 Å². The van der Waals surface area contributed by atoms with Crippen molar-refractivity contribution >= 4 is 22.8 Å². The molecule has 7 heteroatoms. The molecule has 134 valence electrons. The number of aromatic nitrogens is 1. The molecule has 1 aliphatic heterocycles. The number of β-amino-alcohol motifs (C(OH)–C–C–N with tert-alkyl or cyclic N) is 1. The van der Waals surface area contributed by atoms with Crippen LogP contribution < -0.4 is 5.73 Å². The number of hydrogen-bond donors (Lipinski definition) is 2. The highest BCUT2D eigenvalue weighted by Crippen LogP contribution is 2.27. The summed E-state index contributed by atoms with van der Waals surface area (Å²) in [7, 11) is 1.36. The first-order chi connectivity index (χ1) is 12.0. The average molecular weight is 345 g/mol. The molecule has 1 amide bonds. The van der Waals surface area contributed by atoms with Gasteiger partial charge < -0.3 is 20.1 Å². The van der Waals surface area contributed by atoms with Crippen molar-refractivity contribution in [3.05, 3.63) is 36.0 Å². The van der Waals surface area contributed by atoms with Gasteiger partial charge in [0.05, 0.1) is 13.2 Å². The number of hydrogen-bond acceptors (Lipinski definition) is 5. The molecule has 0 radical (unpaired) electrons. The number of benzene rings is 1. The van der Waals surface area contributed by atoms with E-state index in [1.165, 1.54) is 7.11 Å². The quantitative estimate of drug-likeness (QED) is 0.748. The topological polar surface area (TPSA) is 97.8 Å². The maximum atomic E-state index is 12.0. The summed E-state index contributed by atoms with van der Waals surface area (Å²) in [6, 6.07) is 7.49. The minimum Gasteiger partial charge on any atom is -0.468 e. The van der Waals surface area contributed by atoms with E-state index in [4.69, 9.17) is 10.5 Å². The van der Waals surface area contributed by atoms with Gasteiger partial charge in [0.1, 0.15) is 6.04 Å². The highest BCUT2D eigenvalue weighted by Gasteiger charge is 2.36. The number of rotatable bonds is 6. The second-order valence-corrected chi connectivity index (χ2v) is 6.44. The molecule has 1 saturated heterocycles. The van der Waals surface area contributed by atoms with Crippen LogP contribution in [0.5, 0.6) is 0 Å². The first kappa shape index (κ1) is 17.4. The Labute approximate surface area is 146 Å². The second-order valence-electron chi connectivity index (χ2n) is 6.44. The molecule has 3 rings (SSSR count). The Bertz CT molecular complexity index is 786. The van der Waals surface area contributed by atoms with Crippen LogP contribution in [0, 0.1) is 0 Å². The maximum absolute atomic E-state index is 12.0. The van der Waals surface area contributed by atoms with Crippen LogP contribution in [0.25, 0.3) is 10.9 Å². The largest absolute Gasteiger partial charge is 0.468 e. The Morgan fingerprint density at radius 3 is 2.84 bits per heavy atom. The number of primary amides is 1. The highest BCUT2D eigenvalue weighted by atomic mass is 16.5. The standard InChI is InChI=1S/C18H23N3O4/c1-25-18(24)16-8-13(22)11-21(16)10-12-9-20(7-6-17(19)23)15-5-3-2-4-14(12)15/h2-5,9,13,16,22H,6-8,10-11H2,1H3,(H2,19,23)/t13-,16+/m1/s1. The molecule has 0 spiro atoms. The van der Waals surface area contributed by atoms with Crippen LogP contribution in [-0.2, 0) is 27.4 Å². The number of amides is 1. The van der Waals surface area contributed by atoms with E-state index in [-0.39, 0.29) is 18.3 Å². The van der Waals surface area contributed by atoms with Crippen LogP contribution in [-0.4, -0.2) is 52.3 Å². The molecule has 25 heavy (non-hydrogen) atoms. The smallest absolute Gasteiger partial charge is 0.323 e. The monoisotopic (exact) mass is 345 g/mol. The van der Waals surface area contributed by atoms with Crippen molar-refractivity contribution in [2.24, 2.45) is 5.73 Å². The first-order valence-electron chi connectivity index (χ1n) is 8.34. The molecule has 0 saturated carbocycles. The molecular formula is C18H23N3O4. The molecule has 1 aromatic carbocycles. The lowest BCUT2D eigenvalue weighted by atomic mass is 10.1. The van der Waals surface area contributed by atoms with E-state index < -0.39 is 12.1 Å². The number of aliphatic hydroxyl groups excluding tert-OH is 1. The van der Waals surface area contributed by atoms with Gasteiger partial charge in [0.2, 0.25) is 5.91 Å². The number of aryl methyl sites for hydroxylation is 1. The summed E-state index contributed by atoms with van der Waals surface area (Å²) in [5.74, 6) is -0.665. The number of esters is 1. The van der Waals surface area contributed by atoms with Crippen molar-refractivity contribution in [1.29, 1.82) is 0 Å². The average Bonchev–Trinajstić information content (AvgIpc) is 3.13. The number of methoxy groups -OCH3 is 1. The van der Waals surface area contributed by atoms with Gasteiger partial charge in [-0.1, -0.05) is 18.2 Å². The highest BCUT2D eigenvalue weighted by molar-refractivity contribution is 5.84. The van der Waals surface area contributed by atoms with Gasteiger partial charge in [-0.15, -0.1) is 0 Å². The van der Waals surface area contributed by atoms with E-state index in [2.05, 4.69) is 0 Å². The third kappa shape index (κ3) is 3.67. The molecule has 0 bridgehead atoms. The van der Waals surface area contributed by atoms with Gasteiger partial charge in [0.15, 0.2) is 0 Å². The van der Waals surface area contributed by atoms with E-state index in [0.717, 1.165) is 16.5 Å². The fourth-order valence-electron chi connectivity index (χ4n) is 3.52. The van der Waals surface area contributed by atoms with Crippen molar-refractivity contribution in [3.8, 4) is 0 Å². The lowest BCUT2D eigenvalue weighted by molar-refractivity contribution is -0.146. The van der Waals surface area contributed by atoms with Gasteiger partial charge in [-0.3, -0.25) is 14.5 Å². The maximum Gasteiger partial charge on any atom is 0.323 e. The van der Waals surface area contributed by atoms with Crippen molar-refractivity contribution < 1.29 is 19.4 Å². The molecule has 0 unspecified atom stereocenters. The molecule has 2 heterocycles. The predicted octanol–water partition coefficient (Wildman–Crippen LogP) is 0.625. The Morgan fingerprint density at radius 1 is 1.36 bits per heavy atom. The summed E-state index contributed by atoms with van der Waals surface area (Å²) in [4.78, 5) is 25.0. The van der Waals surface area contributed by atoms with Crippen LogP contribution in [0.4, 0.5) is 0 Å². The zero-order valence-electron chi connectivity index (χ0n) is 14.2. The third-order valence-electron chi connectivity index (χ3n) is 4.70. The summed E-state index contributed by atoms with van der Waals surface area (Å²) in [5.41, 5.74) is 7.33. The summed E-state index contributed by atoms with van der Waals surface area (Å²) < 4.78 is 6.87. The molecule has 0 aliphatic carbocycles. The Balaban J connectivity index is 1.88. The zero-order chi connectivity index (χ0) is 18.0. The van der Waals surface area contributed by atoms with Gasteiger partial charge >= 0.3 is 5.97 Å². The third-order valence-corrected chi connectivity index (χ3v) is 4.70. The van der Waals surface area contributed by atoms with Crippen LogP contribution in [0.2, 0.25) is 0 Å². The van der Waals surface area contributed by atoms with E-state index in [9.17, 15) is 14.7 Å². The molecule has 7 nitrogen and oxygen atoms in total. The number of nitrogens with zero attached hydrogens (tertiary/aromatic N) is 2. The number of ether oxygens (including phenoxy) is 1. The van der Waals surface area contributed by atoms with E-state index in [0.29, 0.717) is 26.1 Å². The van der Waals surface area contributed by atoms with Crippen LogP contribution in [0.1, 0.15) is 18.4 Å². The summed E-state index contributed by atoms with van der Waals surface area (Å²) in [5, 5.41) is 11.0. The molecule has 1 aromatic heterocycles. The predicted molar refractivity (Wildman–Crippen MR) is 92.6 cm³/mol. The molecule has 1 fully saturated rings. The van der Waals surface area contributed by atoms with Gasteiger partial charge in [-0.25, -0.2) is 0 Å². The molecule has 2 atom stereocenters. The fourth-order valence-corrected chi connectivity index (χ4v) is 3.52. The van der Waals surface area contributed by atoms with Crippen molar-refractivity contribution in [3.63, 3.8) is 0 Å². The summed E-state index contributed by atoms with van der Waals surface area (Å²) in [6.07, 6.45) is 2.11. The molecule has 3 N–H and O–H groups in total. The minimum absolute atomic E-state index is 0.269. The Kier molecular flexibility index (Phi) is 5.06. The first-order valence-corrected chi connectivity index (χ1v) is 8.34.